The van der Waals surface area contributed by atoms with Gasteiger partial charge in [-0.15, -0.1) is 0 Å². The number of hydrogen-bond donors (Lipinski definition) is 1. The minimum Gasteiger partial charge on any atom is -0.273 e. The summed E-state index contributed by atoms with van der Waals surface area (Å²) >= 11 is 0. The third-order valence-electron chi connectivity index (χ3n) is 4.15. The van der Waals surface area contributed by atoms with Gasteiger partial charge in [-0.05, 0) is 30.3 Å². The fourth-order valence-electron chi connectivity index (χ4n) is 2.75. The van der Waals surface area contributed by atoms with Crippen LogP contribution in [0.4, 0.5) is 10.1 Å². The van der Waals surface area contributed by atoms with E-state index >= 15 is 0 Å². The van der Waals surface area contributed by atoms with Crippen LogP contribution >= 0.6 is 0 Å². The maximum Gasteiger partial charge on any atom is 0.244 e. The second-order valence-corrected chi connectivity index (χ2v) is 9.82. The van der Waals surface area contributed by atoms with Crippen LogP contribution in [-0.2, 0) is 31.4 Å². The van der Waals surface area contributed by atoms with Gasteiger partial charge in [-0.2, -0.15) is 0 Å². The van der Waals surface area contributed by atoms with Gasteiger partial charge in [0.1, 0.15) is 5.82 Å². The maximum atomic E-state index is 13.6. The van der Waals surface area contributed by atoms with Gasteiger partial charge in [-0.3, -0.25) is 4.79 Å². The number of anilines is 1. The average Bonchev–Trinajstić information content (AvgIpc) is 2.81. The van der Waals surface area contributed by atoms with Crippen LogP contribution in [0.15, 0.2) is 53.4 Å². The molecule has 1 fully saturated rings. The molecule has 1 amide bonds. The molecular weight excluding hydrogens is 395 g/mol. The van der Waals surface area contributed by atoms with Crippen LogP contribution in [0.5, 0.6) is 0 Å². The van der Waals surface area contributed by atoms with Gasteiger partial charge in [0.15, 0.2) is 0 Å². The van der Waals surface area contributed by atoms with Gasteiger partial charge in [0.2, 0.25) is 26.0 Å². The Morgan fingerprint density at radius 3 is 2.33 bits per heavy atom. The molecule has 1 saturated heterocycles. The third-order valence-corrected chi connectivity index (χ3v) is 7.44. The molecule has 144 valence electrons. The minimum atomic E-state index is -3.94. The molecule has 0 aliphatic carbocycles. The van der Waals surface area contributed by atoms with Crippen molar-refractivity contribution in [3.05, 3.63) is 59.9 Å². The highest BCUT2D eigenvalue weighted by atomic mass is 32.2. The van der Waals surface area contributed by atoms with Crippen molar-refractivity contribution in [1.82, 2.24) is 4.72 Å². The first-order valence-electron chi connectivity index (χ1n) is 8.02. The van der Waals surface area contributed by atoms with Crippen LogP contribution in [0.25, 0.3) is 0 Å². The van der Waals surface area contributed by atoms with E-state index in [1.807, 2.05) is 0 Å². The van der Waals surface area contributed by atoms with Gasteiger partial charge in [0.25, 0.3) is 0 Å². The molecule has 0 bridgehead atoms. The number of hydrogen-bond acceptors (Lipinski definition) is 5. The fraction of sp³-hybridized carbons (Fsp3) is 0.235. The molecule has 7 nitrogen and oxygen atoms in total. The number of carbonyl (C=O) groups excluding carboxylic acids is 1. The second kappa shape index (κ2) is 7.02. The van der Waals surface area contributed by atoms with Crippen molar-refractivity contribution in [1.29, 1.82) is 0 Å². The highest BCUT2D eigenvalue weighted by molar-refractivity contribution is 7.94. The molecule has 2 aromatic rings. The molecule has 0 unspecified atom stereocenters. The molecule has 27 heavy (non-hydrogen) atoms. The van der Waals surface area contributed by atoms with E-state index in [0.717, 1.165) is 0 Å². The van der Waals surface area contributed by atoms with Gasteiger partial charge >= 0.3 is 0 Å². The number of sulfonamides is 2. The lowest BCUT2D eigenvalue weighted by molar-refractivity contribution is -0.119. The lowest BCUT2D eigenvalue weighted by Crippen LogP contribution is -2.30. The normalized spacial score (nSPS) is 19.4. The predicted octanol–water partition coefficient (Wildman–Crippen LogP) is 1.62. The van der Waals surface area contributed by atoms with Crippen molar-refractivity contribution in [2.24, 2.45) is 5.92 Å². The summed E-state index contributed by atoms with van der Waals surface area (Å²) in [6.07, 6.45) is 0. The number of amides is 1. The Kier molecular flexibility index (Phi) is 5.06. The SMILES string of the molecule is C[C@@H]1CS(=O)(=O)N(c2ccc(S(=O)(=O)NCc3ccccc3F)cc2)C1=O. The van der Waals surface area contributed by atoms with Gasteiger partial charge in [-0.1, -0.05) is 25.1 Å². The summed E-state index contributed by atoms with van der Waals surface area (Å²) in [7, 11) is -7.70. The molecule has 0 aromatic heterocycles. The van der Waals surface area contributed by atoms with Gasteiger partial charge in [-0.25, -0.2) is 30.3 Å². The van der Waals surface area contributed by atoms with Gasteiger partial charge in [0, 0.05) is 12.1 Å². The monoisotopic (exact) mass is 412 g/mol. The Hall–Kier alpha value is -2.30. The summed E-state index contributed by atoms with van der Waals surface area (Å²) in [6, 6.07) is 10.7. The largest absolute Gasteiger partial charge is 0.273 e. The molecule has 1 N–H and O–H groups in total. The van der Waals surface area contributed by atoms with E-state index in [1.54, 1.807) is 6.07 Å². The summed E-state index contributed by atoms with van der Waals surface area (Å²) in [6.45, 7) is 1.29. The summed E-state index contributed by atoms with van der Waals surface area (Å²) in [5.74, 6) is -2.01. The molecule has 10 heteroatoms. The lowest BCUT2D eigenvalue weighted by atomic mass is 10.2. The average molecular weight is 412 g/mol. The number of nitrogens with zero attached hydrogens (tertiary/aromatic N) is 1. The van der Waals surface area contributed by atoms with E-state index in [-0.39, 0.29) is 28.4 Å². The zero-order valence-electron chi connectivity index (χ0n) is 14.3. The van der Waals surface area contributed by atoms with Crippen LogP contribution < -0.4 is 9.03 Å². The van der Waals surface area contributed by atoms with E-state index in [0.29, 0.717) is 4.31 Å². The Bertz CT molecular complexity index is 1080. The molecule has 2 aromatic carbocycles. The van der Waals surface area contributed by atoms with E-state index in [9.17, 15) is 26.0 Å². The van der Waals surface area contributed by atoms with Crippen LogP contribution in [0.2, 0.25) is 0 Å². The number of benzene rings is 2. The van der Waals surface area contributed by atoms with Crippen LogP contribution in [0.1, 0.15) is 12.5 Å². The Morgan fingerprint density at radius 2 is 1.78 bits per heavy atom. The zero-order chi connectivity index (χ0) is 19.8. The molecule has 3 rings (SSSR count). The van der Waals surface area contributed by atoms with Crippen molar-refractivity contribution in [3.8, 4) is 0 Å². The van der Waals surface area contributed by atoms with E-state index in [2.05, 4.69) is 4.72 Å². The Morgan fingerprint density at radius 1 is 1.15 bits per heavy atom. The highest BCUT2D eigenvalue weighted by Crippen LogP contribution is 2.29. The second-order valence-electron chi connectivity index (χ2n) is 6.19. The molecule has 0 spiro atoms. The van der Waals surface area contributed by atoms with E-state index in [1.165, 1.54) is 49.4 Å². The molecule has 0 radical (unpaired) electrons. The van der Waals surface area contributed by atoms with Crippen molar-refractivity contribution in [2.75, 3.05) is 10.1 Å². The smallest absolute Gasteiger partial charge is 0.244 e. The van der Waals surface area contributed by atoms with Gasteiger partial charge in [0.05, 0.1) is 22.3 Å². The fourth-order valence-corrected chi connectivity index (χ4v) is 5.57. The van der Waals surface area contributed by atoms with Crippen molar-refractivity contribution < 1.29 is 26.0 Å². The Labute approximate surface area is 156 Å². The molecule has 1 aliphatic heterocycles. The summed E-state index contributed by atoms with van der Waals surface area (Å²) in [5, 5.41) is 0. The summed E-state index contributed by atoms with van der Waals surface area (Å²) < 4.78 is 65.5. The summed E-state index contributed by atoms with van der Waals surface area (Å²) in [5.41, 5.74) is 0.276. The summed E-state index contributed by atoms with van der Waals surface area (Å²) in [4.78, 5) is 11.9. The minimum absolute atomic E-state index is 0.0809. The number of rotatable bonds is 5. The number of carbonyl (C=O) groups is 1. The maximum absolute atomic E-state index is 13.6. The van der Waals surface area contributed by atoms with Crippen LogP contribution in [0, 0.1) is 11.7 Å². The van der Waals surface area contributed by atoms with Crippen molar-refractivity contribution in [3.63, 3.8) is 0 Å². The molecular formula is C17H17FN2O5S2. The van der Waals surface area contributed by atoms with Crippen LogP contribution in [-0.4, -0.2) is 28.5 Å². The third kappa shape index (κ3) is 3.87. The standard InChI is InChI=1S/C17H17FN2O5S2/c1-12-11-26(22,23)20(17(12)21)14-6-8-15(9-7-14)27(24,25)19-10-13-4-2-3-5-16(13)18/h2-9,12,19H,10-11H2,1H3/t12-/m1/s1. The first-order chi connectivity index (χ1) is 12.6. The van der Waals surface area contributed by atoms with Crippen molar-refractivity contribution >= 4 is 31.6 Å². The molecule has 1 aliphatic rings. The number of halogens is 1. The predicted molar refractivity (Wildman–Crippen MR) is 97.3 cm³/mol. The lowest BCUT2D eigenvalue weighted by Gasteiger charge is -2.15. The molecule has 0 saturated carbocycles. The van der Waals surface area contributed by atoms with E-state index < -0.39 is 37.7 Å². The van der Waals surface area contributed by atoms with Crippen molar-refractivity contribution in [2.45, 2.75) is 18.4 Å². The molecule has 1 heterocycles. The van der Waals surface area contributed by atoms with Crippen LogP contribution in [0.3, 0.4) is 0 Å². The molecule has 1 atom stereocenters. The first-order valence-corrected chi connectivity index (χ1v) is 11.1. The highest BCUT2D eigenvalue weighted by Gasteiger charge is 2.41. The first kappa shape index (κ1) is 19.5. The zero-order valence-corrected chi connectivity index (χ0v) is 15.9. The topological polar surface area (TPSA) is 101 Å². The van der Waals surface area contributed by atoms with E-state index in [4.69, 9.17) is 0 Å². The Balaban J connectivity index is 1.80. The van der Waals surface area contributed by atoms with Gasteiger partial charge < -0.3 is 0 Å². The quantitative estimate of drug-likeness (QED) is 0.804. The number of nitrogens with one attached hydrogen (secondary N) is 1.